The van der Waals surface area contributed by atoms with Crippen LogP contribution in [0.25, 0.3) is 55.1 Å². The van der Waals surface area contributed by atoms with Crippen LogP contribution in [0, 0.1) is 49.4 Å². The van der Waals surface area contributed by atoms with Crippen LogP contribution in [0.5, 0.6) is 5.75 Å². The summed E-state index contributed by atoms with van der Waals surface area (Å²) in [7, 11) is -4.59. The van der Waals surface area contributed by atoms with Crippen molar-refractivity contribution in [2.75, 3.05) is 0 Å². The summed E-state index contributed by atoms with van der Waals surface area (Å²) in [5.41, 5.74) is 4.09. The van der Waals surface area contributed by atoms with E-state index >= 15 is 0 Å². The molecule has 4 heterocycles. The minimum atomic E-state index is -4.71. The Morgan fingerprint density at radius 1 is 0.750 bits per heavy atom. The van der Waals surface area contributed by atoms with Gasteiger partial charge in [-0.15, -0.1) is 0 Å². The van der Waals surface area contributed by atoms with E-state index in [0.717, 1.165) is 33.3 Å². The first-order valence-electron chi connectivity index (χ1n) is 15.4. The minimum absolute atomic E-state index is 0. The maximum absolute atomic E-state index is 12.2. The molecule has 0 aliphatic heterocycles. The predicted molar refractivity (Wildman–Crippen MR) is 187 cm³/mol. The summed E-state index contributed by atoms with van der Waals surface area (Å²) in [4.78, 5) is 17.0. The summed E-state index contributed by atoms with van der Waals surface area (Å²) in [5, 5.41) is 22.0. The van der Waals surface area contributed by atoms with Crippen molar-refractivity contribution in [1.82, 2.24) is 19.9 Å². The third-order valence-electron chi connectivity index (χ3n) is 8.08. The number of nitrogens with zero attached hydrogens (tertiary/aromatic N) is 4. The third-order valence-corrected chi connectivity index (χ3v) is 9.23. The molecule has 20 heteroatoms. The van der Waals surface area contributed by atoms with E-state index in [1.807, 2.05) is 36.4 Å². The maximum Gasteiger partial charge on any atom is 1.00 e. The van der Waals surface area contributed by atoms with E-state index in [-0.39, 0.29) is 114 Å². The van der Waals surface area contributed by atoms with Crippen LogP contribution in [0.2, 0.25) is 0 Å². The Kier molecular flexibility index (Phi) is 18.1. The summed E-state index contributed by atoms with van der Waals surface area (Å²) in [6.45, 7) is 0. The predicted octanol–water partition coefficient (Wildman–Crippen LogP) is 0.179. The number of aromatic nitrogens is 4. The smallest absolute Gasteiger partial charge is 0.744 e. The molecule has 0 saturated carbocycles. The van der Waals surface area contributed by atoms with Crippen LogP contribution in [0.3, 0.4) is 0 Å². The van der Waals surface area contributed by atoms with Crippen LogP contribution in [-0.4, -0.2) is 64.2 Å². The van der Waals surface area contributed by atoms with Gasteiger partial charge < -0.3 is 23.5 Å². The molecule has 279 valence electrons. The van der Waals surface area contributed by atoms with Gasteiger partial charge in [0.05, 0.1) is 39.6 Å². The van der Waals surface area contributed by atoms with Crippen LogP contribution in [-0.2, 0) is 21.5 Å². The number of alkyl halides is 3. The summed E-state index contributed by atoms with van der Waals surface area (Å²) in [6.07, 6.45) is -3.78. The molecule has 4 aromatic heterocycles. The molecule has 0 bridgehead atoms. The summed E-state index contributed by atoms with van der Waals surface area (Å²) in [6, 6.07) is 25.3. The van der Waals surface area contributed by atoms with Crippen molar-refractivity contribution in [3.05, 3.63) is 121 Å². The van der Waals surface area contributed by atoms with Crippen molar-refractivity contribution in [2.24, 2.45) is 0 Å². The van der Waals surface area contributed by atoms with Gasteiger partial charge in [0.2, 0.25) is 0 Å². The van der Waals surface area contributed by atoms with Crippen LogP contribution in [0.4, 0.5) is 13.2 Å². The monoisotopic (exact) mass is 961 g/mol. The second kappa shape index (κ2) is 20.9. The van der Waals surface area contributed by atoms with Gasteiger partial charge in [0.15, 0.2) is 11.9 Å². The van der Waals surface area contributed by atoms with Gasteiger partial charge in [0.25, 0.3) is 0 Å². The standard InChI is InChI=1S/C22H14N4O6S2.C14H13F3O2.Eu.2Na/c27-33(28)32-13-1-5-19(25-11-13)15-7-9-23-21-17(15)3-4-18-16(8-10-24-22(18)21)20-6-2-14(12-26-20)34(29,30)31;15-14(16,17)13(19)8-12(18)11-6-5-9-3-1-2-4-10(9)7-11;;;/h1-12H,(H,27,28)(H,29,30,31);1-7,12-13,18-19H,8H2;;;/q;;;2*+1/p-2. The van der Waals surface area contributed by atoms with Crippen LogP contribution in [0.15, 0.2) is 121 Å². The molecule has 0 saturated heterocycles. The minimum Gasteiger partial charge on any atom is -0.744 e. The molecule has 2 N–H and O–H groups in total. The van der Waals surface area contributed by atoms with Gasteiger partial charge in [-0.1, -0.05) is 48.5 Å². The molecule has 3 aromatic carbocycles. The SMILES string of the molecule is O=S([O-])Oc1ccc(-c2ccnc3c2ccc2c(-c4ccc(S(=O)(=O)[O-])cn4)ccnc23)nc1.OC(CC(O)C(F)(F)F)c1ccc2ccccc2c1.[Eu].[Na+].[Na+]. The van der Waals surface area contributed by atoms with E-state index in [0.29, 0.717) is 33.5 Å². The number of fused-ring (bicyclic) bond motifs is 4. The van der Waals surface area contributed by atoms with E-state index in [4.69, 9.17) is 5.11 Å². The van der Waals surface area contributed by atoms with E-state index in [1.54, 1.807) is 48.8 Å². The number of halogens is 3. The second-order valence-corrected chi connectivity index (χ2v) is 13.4. The molecule has 12 nitrogen and oxygen atoms in total. The fourth-order valence-electron chi connectivity index (χ4n) is 5.53. The zero-order valence-electron chi connectivity index (χ0n) is 29.3. The average molecular weight is 961 g/mol. The van der Waals surface area contributed by atoms with Crippen molar-refractivity contribution >= 4 is 54.1 Å². The molecular formula is C36H25EuF3N4Na2O8S2. The average Bonchev–Trinajstić information content (AvgIpc) is 3.13. The Labute approximate surface area is 405 Å². The Hall–Kier alpha value is -1.85. The molecule has 0 aliphatic rings. The molecule has 1 radical (unpaired) electrons. The molecular weight excluding hydrogens is 935 g/mol. The van der Waals surface area contributed by atoms with Gasteiger partial charge in [-0.2, -0.15) is 13.2 Å². The summed E-state index contributed by atoms with van der Waals surface area (Å²) in [5.74, 6) is 0.0931. The van der Waals surface area contributed by atoms with Gasteiger partial charge in [-0.3, -0.25) is 19.9 Å². The Balaban J connectivity index is 0.000000329. The molecule has 3 unspecified atom stereocenters. The van der Waals surface area contributed by atoms with Gasteiger partial charge in [0.1, 0.15) is 21.5 Å². The molecule has 3 atom stereocenters. The van der Waals surface area contributed by atoms with Gasteiger partial charge in [-0.25, -0.2) is 12.6 Å². The van der Waals surface area contributed by atoms with E-state index in [2.05, 4.69) is 24.1 Å². The second-order valence-electron chi connectivity index (χ2n) is 11.5. The molecule has 0 amide bonds. The third kappa shape index (κ3) is 11.9. The van der Waals surface area contributed by atoms with Crippen molar-refractivity contribution in [1.29, 1.82) is 0 Å². The normalized spacial score (nSPS) is 12.9. The van der Waals surface area contributed by atoms with Crippen molar-refractivity contribution < 1.29 is 158 Å². The van der Waals surface area contributed by atoms with Crippen molar-refractivity contribution in [2.45, 2.75) is 29.7 Å². The van der Waals surface area contributed by atoms with E-state index in [1.165, 1.54) is 24.4 Å². The fourth-order valence-corrected chi connectivity index (χ4v) is 6.20. The number of benzene rings is 3. The Morgan fingerprint density at radius 2 is 1.30 bits per heavy atom. The number of hydrogen-bond acceptors (Lipinski definition) is 12. The Morgan fingerprint density at radius 3 is 1.79 bits per heavy atom. The largest absolute Gasteiger partial charge is 1.00 e. The molecule has 0 aliphatic carbocycles. The molecule has 0 fully saturated rings. The van der Waals surface area contributed by atoms with E-state index < -0.39 is 51.2 Å². The summed E-state index contributed by atoms with van der Waals surface area (Å²) < 4.78 is 96.3. The fraction of sp³-hybridized carbons (Fsp3) is 0.111. The maximum atomic E-state index is 12.2. The zero-order valence-corrected chi connectivity index (χ0v) is 37.4. The summed E-state index contributed by atoms with van der Waals surface area (Å²) >= 11 is -2.69. The molecule has 7 aromatic rings. The van der Waals surface area contributed by atoms with Gasteiger partial charge in [0, 0.05) is 96.3 Å². The number of pyridine rings is 4. The van der Waals surface area contributed by atoms with Crippen molar-refractivity contribution in [3.8, 4) is 28.3 Å². The number of aliphatic hydroxyl groups excluding tert-OH is 2. The zero-order chi connectivity index (χ0) is 37.9. The molecule has 7 rings (SSSR count). The van der Waals surface area contributed by atoms with Crippen LogP contribution in [0.1, 0.15) is 18.1 Å². The van der Waals surface area contributed by atoms with Gasteiger partial charge in [-0.05, 0) is 58.8 Å². The van der Waals surface area contributed by atoms with Crippen LogP contribution < -0.4 is 63.3 Å². The first kappa shape index (κ1) is 48.5. The van der Waals surface area contributed by atoms with E-state index in [9.17, 15) is 40.0 Å². The first-order chi connectivity index (χ1) is 25.2. The molecule has 0 spiro atoms. The first-order valence-corrected chi connectivity index (χ1v) is 17.8. The van der Waals surface area contributed by atoms with Crippen molar-refractivity contribution in [3.63, 3.8) is 0 Å². The Bertz CT molecular complexity index is 2580. The van der Waals surface area contributed by atoms with Crippen LogP contribution >= 0.6 is 0 Å². The topological polar surface area (TPSA) is 199 Å². The number of aliphatic hydroxyl groups is 2. The molecule has 56 heavy (non-hydrogen) atoms. The van der Waals surface area contributed by atoms with Gasteiger partial charge >= 0.3 is 65.3 Å². The quantitative estimate of drug-likeness (QED) is 0.0909. The number of hydrogen-bond donors (Lipinski definition) is 2. The number of rotatable bonds is 8.